The second-order valence-corrected chi connectivity index (χ2v) is 3.92. The third kappa shape index (κ3) is 2.65. The molecule has 0 N–H and O–H groups in total. The summed E-state index contributed by atoms with van der Waals surface area (Å²) in [5, 5.41) is 0.380. The van der Waals surface area contributed by atoms with Gasteiger partial charge < -0.3 is 13.4 Å². The lowest BCUT2D eigenvalue weighted by Gasteiger charge is -1.99. The van der Waals surface area contributed by atoms with E-state index in [9.17, 15) is 9.36 Å². The van der Waals surface area contributed by atoms with Gasteiger partial charge in [-0.1, -0.05) is 15.9 Å². The van der Waals surface area contributed by atoms with Crippen LogP contribution < -0.4 is 10.3 Å². The van der Waals surface area contributed by atoms with E-state index in [4.69, 9.17) is 13.4 Å². The Balaban J connectivity index is 2.38. The van der Waals surface area contributed by atoms with Crippen LogP contribution in [-0.2, 0) is 9.90 Å². The Morgan fingerprint density at radius 3 is 2.53 bits per heavy atom. The Hall–Kier alpha value is -1.39. The zero-order valence-corrected chi connectivity index (χ0v) is 10.9. The van der Waals surface area contributed by atoms with E-state index < -0.39 is 14.5 Å². The molecule has 1 aromatic carbocycles. The van der Waals surface area contributed by atoms with Crippen LogP contribution in [0.1, 0.15) is 5.76 Å². The average Bonchev–Trinajstić information content (AvgIpc) is 2.72. The van der Waals surface area contributed by atoms with Gasteiger partial charge in [-0.2, -0.15) is 0 Å². The molecule has 5 nitrogen and oxygen atoms in total. The number of hydrogen-bond acceptors (Lipinski definition) is 5. The van der Waals surface area contributed by atoms with Crippen LogP contribution in [-0.4, -0.2) is 0 Å². The molecule has 0 saturated heterocycles. The predicted molar refractivity (Wildman–Crippen MR) is 63.5 cm³/mol. The van der Waals surface area contributed by atoms with Crippen LogP contribution in [0.5, 0.6) is 5.75 Å². The molecule has 0 amide bonds. The van der Waals surface area contributed by atoms with Gasteiger partial charge in [-0.3, -0.25) is 0 Å². The highest BCUT2D eigenvalue weighted by atomic mass is 79.9. The van der Waals surface area contributed by atoms with Gasteiger partial charge in [0, 0.05) is 5.56 Å². The van der Waals surface area contributed by atoms with Crippen LogP contribution in [0.25, 0.3) is 11.3 Å². The Bertz CT molecular complexity index is 571. The summed E-state index contributed by atoms with van der Waals surface area (Å²) in [5.41, 5.74) is 0.681. The Kier molecular flexibility index (Phi) is 3.76. The maximum atomic E-state index is 11.0. The van der Waals surface area contributed by atoms with E-state index in [1.54, 1.807) is 24.3 Å². The summed E-state index contributed by atoms with van der Waals surface area (Å²) in [6, 6.07) is 6.59. The smallest absolute Gasteiger partial charge is 0.408 e. The molecule has 0 aliphatic heterocycles. The molecule has 0 spiro atoms. The monoisotopic (exact) mass is 316 g/mol. The van der Waals surface area contributed by atoms with Gasteiger partial charge in [0.2, 0.25) is 0 Å². The highest BCUT2D eigenvalue weighted by Crippen LogP contribution is 2.27. The lowest BCUT2D eigenvalue weighted by molar-refractivity contribution is 0.381. The highest BCUT2D eigenvalue weighted by Gasteiger charge is 2.13. The minimum Gasteiger partial charge on any atom is -0.408 e. The van der Waals surface area contributed by atoms with Gasteiger partial charge in [-0.25, -0.2) is 9.36 Å². The zero-order valence-electron chi connectivity index (χ0n) is 8.38. The van der Waals surface area contributed by atoms with Crippen molar-refractivity contribution in [1.29, 1.82) is 0 Å². The van der Waals surface area contributed by atoms with Crippen molar-refractivity contribution < 1.29 is 17.9 Å². The molecule has 1 aromatic heterocycles. The lowest BCUT2D eigenvalue weighted by Crippen LogP contribution is -1.85. The van der Waals surface area contributed by atoms with Gasteiger partial charge in [0.05, 0.1) is 5.33 Å². The largest absolute Gasteiger partial charge is 0.519 e. The quantitative estimate of drug-likeness (QED) is 0.638. The molecule has 0 radical (unpaired) electrons. The van der Waals surface area contributed by atoms with Gasteiger partial charge in [-0.05, 0) is 24.3 Å². The van der Waals surface area contributed by atoms with Crippen molar-refractivity contribution in [3.63, 3.8) is 0 Å². The molecule has 17 heavy (non-hydrogen) atoms. The maximum absolute atomic E-state index is 11.0. The first-order valence-electron chi connectivity index (χ1n) is 4.53. The first kappa shape index (κ1) is 12.1. The number of hydrogen-bond donors (Lipinski definition) is 0. The molecule has 0 bridgehead atoms. The summed E-state index contributed by atoms with van der Waals surface area (Å²) in [5.74, 6) is 0.508. The SMILES string of the molecule is O=POc1ccc(-c2oc(=O)oc2CBr)cc1. The summed E-state index contributed by atoms with van der Waals surface area (Å²) < 4.78 is 24.8. The van der Waals surface area contributed by atoms with Crippen LogP contribution >= 0.6 is 24.6 Å². The summed E-state index contributed by atoms with van der Waals surface area (Å²) in [6.45, 7) is 0. The fourth-order valence-corrected chi connectivity index (χ4v) is 1.90. The third-order valence-electron chi connectivity index (χ3n) is 2.03. The molecule has 2 rings (SSSR count). The predicted octanol–water partition coefficient (Wildman–Crippen LogP) is 3.38. The van der Waals surface area contributed by atoms with Crippen LogP contribution in [0.3, 0.4) is 0 Å². The normalized spacial score (nSPS) is 10.6. The van der Waals surface area contributed by atoms with Gasteiger partial charge in [0.25, 0.3) is 0 Å². The van der Waals surface area contributed by atoms with Gasteiger partial charge in [-0.15, -0.1) is 0 Å². The summed E-state index contributed by atoms with van der Waals surface area (Å²) in [4.78, 5) is 11.0. The van der Waals surface area contributed by atoms with Crippen molar-refractivity contribution in [3.05, 3.63) is 40.6 Å². The van der Waals surface area contributed by atoms with E-state index in [0.717, 1.165) is 0 Å². The number of rotatable bonds is 4. The highest BCUT2D eigenvalue weighted by molar-refractivity contribution is 9.08. The van der Waals surface area contributed by atoms with E-state index in [-0.39, 0.29) is 0 Å². The molecule has 1 heterocycles. The average molecular weight is 317 g/mol. The minimum absolute atomic E-state index is 0.373. The molecular weight excluding hydrogens is 311 g/mol. The fourth-order valence-electron chi connectivity index (χ4n) is 1.33. The van der Waals surface area contributed by atoms with E-state index in [1.165, 1.54) is 0 Å². The van der Waals surface area contributed by atoms with Crippen molar-refractivity contribution in [3.8, 4) is 17.1 Å². The van der Waals surface area contributed by atoms with Crippen LogP contribution in [0.2, 0.25) is 0 Å². The molecule has 88 valence electrons. The summed E-state index contributed by atoms with van der Waals surface area (Å²) in [7, 11) is -0.415. The molecule has 0 atom stereocenters. The number of halogens is 1. The lowest BCUT2D eigenvalue weighted by atomic mass is 10.1. The molecule has 2 aromatic rings. The Labute approximate surface area is 106 Å². The van der Waals surface area contributed by atoms with Crippen LogP contribution in [0.15, 0.2) is 37.9 Å². The third-order valence-corrected chi connectivity index (χ3v) is 2.82. The van der Waals surface area contributed by atoms with Crippen molar-refractivity contribution in [2.24, 2.45) is 0 Å². The zero-order chi connectivity index (χ0) is 12.3. The van der Waals surface area contributed by atoms with E-state index >= 15 is 0 Å². The van der Waals surface area contributed by atoms with Gasteiger partial charge in [0.1, 0.15) is 5.75 Å². The molecule has 0 aliphatic carbocycles. The van der Waals surface area contributed by atoms with Crippen molar-refractivity contribution in [1.82, 2.24) is 0 Å². The van der Waals surface area contributed by atoms with Crippen molar-refractivity contribution >= 4 is 24.6 Å². The summed E-state index contributed by atoms with van der Waals surface area (Å²) >= 11 is 3.20. The minimum atomic E-state index is -0.743. The summed E-state index contributed by atoms with van der Waals surface area (Å²) in [6.07, 6.45) is 0. The molecule has 0 saturated carbocycles. The molecule has 0 aliphatic rings. The standard InChI is InChI=1S/C10H6BrO5P/c11-5-8-9(15-10(12)14-8)6-1-3-7(4-2-6)16-17-13/h1-4H,5H2. The Morgan fingerprint density at radius 2 is 1.94 bits per heavy atom. The topological polar surface area (TPSA) is 69.7 Å². The Morgan fingerprint density at radius 1 is 1.24 bits per heavy atom. The number of benzene rings is 1. The van der Waals surface area contributed by atoms with Gasteiger partial charge >= 0.3 is 14.5 Å². The molecular formula is C10H6BrO5P. The molecule has 0 fully saturated rings. The fraction of sp³-hybridized carbons (Fsp3) is 0.100. The first-order valence-corrected chi connectivity index (χ1v) is 6.38. The number of alkyl halides is 1. The second-order valence-electron chi connectivity index (χ2n) is 3.03. The van der Waals surface area contributed by atoms with Crippen molar-refractivity contribution in [2.75, 3.05) is 0 Å². The second kappa shape index (κ2) is 5.29. The van der Waals surface area contributed by atoms with Crippen LogP contribution in [0, 0.1) is 0 Å². The van der Waals surface area contributed by atoms with Crippen molar-refractivity contribution in [2.45, 2.75) is 5.33 Å². The van der Waals surface area contributed by atoms with Gasteiger partial charge in [0.15, 0.2) is 11.5 Å². The molecule has 0 unspecified atom stereocenters. The molecule has 7 heteroatoms. The van der Waals surface area contributed by atoms with Crippen LogP contribution in [0.4, 0.5) is 0 Å². The van der Waals surface area contributed by atoms with E-state index in [1.807, 2.05) is 0 Å². The maximum Gasteiger partial charge on any atom is 0.519 e. The van der Waals surface area contributed by atoms with E-state index in [0.29, 0.717) is 28.2 Å². The van der Waals surface area contributed by atoms with E-state index in [2.05, 4.69) is 15.9 Å². The first-order chi connectivity index (χ1) is 8.24.